The molecule has 1 atom stereocenters. The van der Waals surface area contributed by atoms with E-state index in [-0.39, 0.29) is 5.91 Å². The lowest BCUT2D eigenvalue weighted by Crippen LogP contribution is -2.42. The number of hydrogen-bond acceptors (Lipinski definition) is 5. The average Bonchev–Trinajstić information content (AvgIpc) is 3.01. The number of hydrogen-bond donors (Lipinski definition) is 0. The van der Waals surface area contributed by atoms with Crippen LogP contribution in [0.5, 0.6) is 5.75 Å². The van der Waals surface area contributed by atoms with Crippen LogP contribution >= 0.6 is 23.1 Å². The van der Waals surface area contributed by atoms with Crippen molar-refractivity contribution in [3.63, 3.8) is 0 Å². The van der Waals surface area contributed by atoms with E-state index in [1.54, 1.807) is 28.0 Å². The lowest BCUT2D eigenvalue weighted by molar-refractivity contribution is -0.137. The van der Waals surface area contributed by atoms with Gasteiger partial charge in [-0.05, 0) is 18.6 Å². The molecule has 1 aromatic carbocycles. The number of carbonyl (C=O) groups excluding carboxylic acids is 1. The second kappa shape index (κ2) is 6.71. The fourth-order valence-electron chi connectivity index (χ4n) is 2.29. The second-order valence-electron chi connectivity index (χ2n) is 5.14. The molecule has 0 bridgehead atoms. The number of aryl methyl sites for hydroxylation is 1. The summed E-state index contributed by atoms with van der Waals surface area (Å²) >= 11 is 3.32. The van der Waals surface area contributed by atoms with Gasteiger partial charge >= 0.3 is 0 Å². The molecule has 0 saturated heterocycles. The Morgan fingerprint density at radius 1 is 1.45 bits per heavy atom. The molecule has 116 valence electrons. The van der Waals surface area contributed by atoms with Crippen molar-refractivity contribution in [2.75, 3.05) is 12.8 Å². The summed E-state index contributed by atoms with van der Waals surface area (Å²) in [7, 11) is 1.81. The van der Waals surface area contributed by atoms with Crippen LogP contribution in [0.15, 0.2) is 34.5 Å². The Morgan fingerprint density at radius 2 is 2.27 bits per heavy atom. The van der Waals surface area contributed by atoms with Crippen molar-refractivity contribution < 1.29 is 9.53 Å². The van der Waals surface area contributed by atoms with Crippen molar-refractivity contribution in [3.8, 4) is 5.75 Å². The van der Waals surface area contributed by atoms with E-state index in [1.807, 2.05) is 36.7 Å². The van der Waals surface area contributed by atoms with Crippen molar-refractivity contribution in [2.24, 2.45) is 0 Å². The molecule has 3 rings (SSSR count). The zero-order valence-corrected chi connectivity index (χ0v) is 14.2. The number of nitrogens with zero attached hydrogens (tertiary/aromatic N) is 2. The first-order valence-electron chi connectivity index (χ1n) is 7.24. The number of para-hydroxylation sites is 1. The number of benzene rings is 1. The molecule has 1 aromatic heterocycles. The zero-order chi connectivity index (χ0) is 15.5. The molecular formula is C16H18N2O2S2. The van der Waals surface area contributed by atoms with Crippen LogP contribution < -0.4 is 4.74 Å². The first-order valence-corrected chi connectivity index (χ1v) is 9.10. The molecule has 0 fully saturated rings. The van der Waals surface area contributed by atoms with Crippen molar-refractivity contribution in [1.29, 1.82) is 0 Å². The summed E-state index contributed by atoms with van der Waals surface area (Å²) in [5.41, 5.74) is 0.946. The van der Waals surface area contributed by atoms with Gasteiger partial charge in [0.05, 0.1) is 17.2 Å². The van der Waals surface area contributed by atoms with Crippen LogP contribution in [0.1, 0.15) is 17.6 Å². The molecule has 2 heterocycles. The number of rotatable bonds is 4. The summed E-state index contributed by atoms with van der Waals surface area (Å²) in [5.74, 6) is 1.46. The maximum absolute atomic E-state index is 12.6. The summed E-state index contributed by atoms with van der Waals surface area (Å²) in [6.07, 6.45) is 0.510. The van der Waals surface area contributed by atoms with Gasteiger partial charge in [-0.15, -0.1) is 23.1 Å². The SMILES string of the molecule is CCc1nc(CN(C)C(=O)[C@@H]2CSc3ccccc3O2)cs1. The normalized spacial score (nSPS) is 16.7. The van der Waals surface area contributed by atoms with Gasteiger partial charge in [0.15, 0.2) is 6.10 Å². The molecule has 1 aliphatic heterocycles. The number of amides is 1. The highest BCUT2D eigenvalue weighted by Gasteiger charge is 2.29. The number of ether oxygens (including phenoxy) is 1. The molecular weight excluding hydrogens is 316 g/mol. The van der Waals surface area contributed by atoms with Gasteiger partial charge in [-0.3, -0.25) is 4.79 Å². The van der Waals surface area contributed by atoms with Gasteiger partial charge in [0.2, 0.25) is 0 Å². The number of likely N-dealkylation sites (N-methyl/N-ethyl adjacent to an activating group) is 1. The van der Waals surface area contributed by atoms with Gasteiger partial charge in [0.1, 0.15) is 5.75 Å². The maximum atomic E-state index is 12.6. The van der Waals surface area contributed by atoms with Gasteiger partial charge in [0.25, 0.3) is 5.91 Å². The largest absolute Gasteiger partial charge is 0.479 e. The monoisotopic (exact) mass is 334 g/mol. The summed E-state index contributed by atoms with van der Waals surface area (Å²) in [4.78, 5) is 19.9. The Bertz CT molecular complexity index is 672. The minimum atomic E-state index is -0.422. The molecule has 0 aliphatic carbocycles. The van der Waals surface area contributed by atoms with Gasteiger partial charge in [-0.2, -0.15) is 0 Å². The average molecular weight is 334 g/mol. The topological polar surface area (TPSA) is 42.4 Å². The number of thiazole rings is 1. The highest BCUT2D eigenvalue weighted by Crippen LogP contribution is 2.35. The lowest BCUT2D eigenvalue weighted by atomic mass is 10.3. The van der Waals surface area contributed by atoms with Crippen LogP contribution in [0.4, 0.5) is 0 Å². The minimum Gasteiger partial charge on any atom is -0.479 e. The summed E-state index contributed by atoms with van der Waals surface area (Å²) in [6, 6.07) is 7.84. The van der Waals surface area contributed by atoms with Crippen molar-refractivity contribution in [1.82, 2.24) is 9.88 Å². The fraction of sp³-hybridized carbons (Fsp3) is 0.375. The van der Waals surface area contributed by atoms with Gasteiger partial charge in [0, 0.05) is 23.1 Å². The highest BCUT2D eigenvalue weighted by molar-refractivity contribution is 7.99. The van der Waals surface area contributed by atoms with E-state index < -0.39 is 6.10 Å². The third-order valence-electron chi connectivity index (χ3n) is 3.46. The lowest BCUT2D eigenvalue weighted by Gasteiger charge is -2.28. The van der Waals surface area contributed by atoms with E-state index in [4.69, 9.17) is 4.74 Å². The molecule has 22 heavy (non-hydrogen) atoms. The van der Waals surface area contributed by atoms with Gasteiger partial charge in [-0.25, -0.2) is 4.98 Å². The first-order chi connectivity index (χ1) is 10.7. The number of carbonyl (C=O) groups is 1. The predicted molar refractivity (Wildman–Crippen MR) is 89.5 cm³/mol. The molecule has 1 amide bonds. The Morgan fingerprint density at radius 3 is 3.05 bits per heavy atom. The quantitative estimate of drug-likeness (QED) is 0.861. The van der Waals surface area contributed by atoms with Crippen molar-refractivity contribution >= 4 is 29.0 Å². The van der Waals surface area contributed by atoms with Crippen LogP contribution in [-0.2, 0) is 17.8 Å². The molecule has 0 N–H and O–H groups in total. The number of aromatic nitrogens is 1. The molecule has 6 heteroatoms. The fourth-order valence-corrected chi connectivity index (χ4v) is 4.00. The smallest absolute Gasteiger partial charge is 0.264 e. The van der Waals surface area contributed by atoms with Gasteiger partial charge in [-0.1, -0.05) is 19.1 Å². The molecule has 0 saturated carbocycles. The standard InChI is InChI=1S/C16H18N2O2S2/c1-3-15-17-11(9-22-15)8-18(2)16(19)13-10-21-14-7-5-4-6-12(14)20-13/h4-7,9,13H,3,8,10H2,1-2H3/t13-/m0/s1. The third-order valence-corrected chi connectivity index (χ3v) is 5.62. The summed E-state index contributed by atoms with van der Waals surface area (Å²) < 4.78 is 5.85. The first kappa shape index (κ1) is 15.4. The van der Waals surface area contributed by atoms with E-state index in [0.29, 0.717) is 12.3 Å². The van der Waals surface area contributed by atoms with Crippen molar-refractivity contribution in [2.45, 2.75) is 30.9 Å². The highest BCUT2D eigenvalue weighted by atomic mass is 32.2. The molecule has 0 unspecified atom stereocenters. The Kier molecular flexibility index (Phi) is 4.69. The summed E-state index contributed by atoms with van der Waals surface area (Å²) in [6.45, 7) is 2.61. The van der Waals surface area contributed by atoms with Crippen molar-refractivity contribution in [3.05, 3.63) is 40.3 Å². The number of thioether (sulfide) groups is 1. The van der Waals surface area contributed by atoms with Crippen LogP contribution in [0.3, 0.4) is 0 Å². The molecule has 4 nitrogen and oxygen atoms in total. The Balaban J connectivity index is 1.64. The van der Waals surface area contributed by atoms with E-state index in [9.17, 15) is 4.79 Å². The maximum Gasteiger partial charge on any atom is 0.264 e. The second-order valence-corrected chi connectivity index (χ2v) is 7.15. The Labute approximate surface area is 138 Å². The molecule has 0 radical (unpaired) electrons. The van der Waals surface area contributed by atoms with Crippen LogP contribution in [0.2, 0.25) is 0 Å². The predicted octanol–water partition coefficient (Wildman–Crippen LogP) is 3.22. The van der Waals surface area contributed by atoms with Crippen LogP contribution in [0, 0.1) is 0 Å². The van der Waals surface area contributed by atoms with E-state index >= 15 is 0 Å². The van der Waals surface area contributed by atoms with E-state index in [1.165, 1.54) is 0 Å². The van der Waals surface area contributed by atoms with Crippen LogP contribution in [-0.4, -0.2) is 34.7 Å². The van der Waals surface area contributed by atoms with Crippen LogP contribution in [0.25, 0.3) is 0 Å². The summed E-state index contributed by atoms with van der Waals surface area (Å²) in [5, 5.41) is 3.13. The van der Waals surface area contributed by atoms with E-state index in [2.05, 4.69) is 11.9 Å². The van der Waals surface area contributed by atoms with Gasteiger partial charge < -0.3 is 9.64 Å². The third kappa shape index (κ3) is 3.28. The van der Waals surface area contributed by atoms with E-state index in [0.717, 1.165) is 27.8 Å². The zero-order valence-electron chi connectivity index (χ0n) is 12.6. The molecule has 0 spiro atoms. The number of fused-ring (bicyclic) bond motifs is 1. The minimum absolute atomic E-state index is 0.00746. The molecule has 2 aromatic rings. The Hall–Kier alpha value is -1.53. The molecule has 1 aliphatic rings.